The third-order valence-corrected chi connectivity index (χ3v) is 14.2. The largest absolute Gasteiger partial charge is 0.385 e. The first kappa shape index (κ1) is 36.5. The van der Waals surface area contributed by atoms with E-state index in [0.717, 1.165) is 53.8 Å². The van der Waals surface area contributed by atoms with Crippen molar-refractivity contribution in [2.75, 3.05) is 25.6 Å². The van der Waals surface area contributed by atoms with Crippen LogP contribution in [0.15, 0.2) is 73.1 Å². The average molecular weight is 764 g/mol. The number of carbonyl (C=O) groups excluding carboxylic acids is 2. The van der Waals surface area contributed by atoms with Crippen LogP contribution in [0.5, 0.6) is 0 Å². The fraction of sp³-hybridized carbons (Fsp3) is 0.545. The van der Waals surface area contributed by atoms with E-state index in [4.69, 9.17) is 16.3 Å². The molecule has 0 aliphatic heterocycles. The summed E-state index contributed by atoms with van der Waals surface area (Å²) in [6, 6.07) is 20.3. The lowest BCUT2D eigenvalue weighted by Gasteiger charge is -2.54. The molecule has 3 N–H and O–H groups in total. The van der Waals surface area contributed by atoms with Crippen LogP contribution in [0.3, 0.4) is 0 Å². The molecule has 290 valence electrons. The van der Waals surface area contributed by atoms with Crippen molar-refractivity contribution in [1.29, 1.82) is 0 Å². The Bertz CT molecular complexity index is 1910. The first-order chi connectivity index (χ1) is 26.9. The Hall–Kier alpha value is -4.15. The first-order valence-corrected chi connectivity index (χ1v) is 21.1. The van der Waals surface area contributed by atoms with Crippen molar-refractivity contribution >= 4 is 29.2 Å². The fourth-order valence-corrected chi connectivity index (χ4v) is 12.2. The molecule has 8 bridgehead atoms. The van der Waals surface area contributed by atoms with Gasteiger partial charge in [0.15, 0.2) is 0 Å². The number of halogens is 1. The van der Waals surface area contributed by atoms with E-state index in [0.29, 0.717) is 58.6 Å². The highest BCUT2D eigenvalue weighted by Gasteiger charge is 2.50. The maximum atomic E-state index is 13.4. The highest BCUT2D eigenvalue weighted by atomic mass is 35.5. The number of carbonyl (C=O) groups is 2. The quantitative estimate of drug-likeness (QED) is 0.134. The smallest absolute Gasteiger partial charge is 0.256 e. The van der Waals surface area contributed by atoms with Crippen molar-refractivity contribution < 1.29 is 14.3 Å². The number of anilines is 1. The van der Waals surface area contributed by atoms with Gasteiger partial charge in [0.05, 0.1) is 29.3 Å². The van der Waals surface area contributed by atoms with Crippen molar-refractivity contribution in [1.82, 2.24) is 30.2 Å². The van der Waals surface area contributed by atoms with Crippen LogP contribution in [-0.2, 0) is 4.74 Å². The van der Waals surface area contributed by atoms with Crippen LogP contribution in [0, 0.1) is 47.3 Å². The summed E-state index contributed by atoms with van der Waals surface area (Å²) in [5.41, 5.74) is 2.91. The number of amides is 2. The summed E-state index contributed by atoms with van der Waals surface area (Å²) < 4.78 is 8.62. The molecule has 2 heterocycles. The lowest BCUT2D eigenvalue weighted by atomic mass is 9.54. The summed E-state index contributed by atoms with van der Waals surface area (Å²) in [6.45, 7) is 1.41. The zero-order valence-corrected chi connectivity index (χ0v) is 32.5. The Labute approximate surface area is 329 Å². The molecule has 0 saturated heterocycles. The molecule has 10 nitrogen and oxygen atoms in total. The Balaban J connectivity index is 0.000000147. The minimum atomic E-state index is -0.0790. The van der Waals surface area contributed by atoms with Crippen LogP contribution < -0.4 is 16.0 Å². The van der Waals surface area contributed by atoms with Gasteiger partial charge in [-0.25, -0.2) is 9.36 Å². The van der Waals surface area contributed by atoms with E-state index >= 15 is 0 Å². The molecule has 0 atom stereocenters. The van der Waals surface area contributed by atoms with Crippen LogP contribution >= 0.6 is 11.6 Å². The van der Waals surface area contributed by atoms with E-state index < -0.39 is 0 Å². The van der Waals surface area contributed by atoms with Crippen molar-refractivity contribution in [3.63, 3.8) is 0 Å². The van der Waals surface area contributed by atoms with Crippen LogP contribution in [0.2, 0.25) is 5.15 Å². The van der Waals surface area contributed by atoms with Gasteiger partial charge in [-0.3, -0.25) is 9.59 Å². The molecular formula is C44H54ClN7O3. The van der Waals surface area contributed by atoms with Crippen molar-refractivity contribution in [3.8, 4) is 11.4 Å². The van der Waals surface area contributed by atoms with Gasteiger partial charge in [0.2, 0.25) is 0 Å². The third kappa shape index (κ3) is 7.44. The summed E-state index contributed by atoms with van der Waals surface area (Å²) in [6.07, 6.45) is 17.3. The first-order valence-electron chi connectivity index (χ1n) is 20.7. The van der Waals surface area contributed by atoms with E-state index in [1.54, 1.807) is 24.2 Å². The van der Waals surface area contributed by atoms with Crippen LogP contribution in [0.25, 0.3) is 11.4 Å². The molecule has 8 aliphatic carbocycles. The average Bonchev–Trinajstić information content (AvgIpc) is 3.80. The SMILES string of the molecule is COCCCNc1c(C(=O)NC2C3CC4CC(C3)CC2C4)cnn1-c1ccccc1.O=C(NC1C2CC3CC(C2)CC1C3)c1cnn(-c2ccccc2)c1Cl. The maximum absolute atomic E-state index is 13.4. The van der Waals surface area contributed by atoms with Gasteiger partial charge in [-0.2, -0.15) is 10.2 Å². The van der Waals surface area contributed by atoms with E-state index in [1.807, 2.05) is 65.3 Å². The van der Waals surface area contributed by atoms with Gasteiger partial charge in [-0.15, -0.1) is 0 Å². The highest BCUT2D eigenvalue weighted by Crippen LogP contribution is 2.55. The number of aromatic nitrogens is 4. The number of benzene rings is 2. The second-order valence-electron chi connectivity index (χ2n) is 17.4. The Morgan fingerprint density at radius 1 is 0.655 bits per heavy atom. The van der Waals surface area contributed by atoms with Gasteiger partial charge < -0.3 is 20.7 Å². The number of nitrogens with zero attached hydrogens (tertiary/aromatic N) is 4. The summed E-state index contributed by atoms with van der Waals surface area (Å²) in [4.78, 5) is 26.2. The molecule has 2 aromatic carbocycles. The van der Waals surface area contributed by atoms with Crippen LogP contribution in [0.1, 0.15) is 91.3 Å². The van der Waals surface area contributed by atoms with Gasteiger partial charge in [-0.05, 0) is 142 Å². The van der Waals surface area contributed by atoms with Crippen LogP contribution in [0.4, 0.5) is 5.82 Å². The number of para-hydroxylation sites is 2. The monoisotopic (exact) mass is 763 g/mol. The summed E-state index contributed by atoms with van der Waals surface area (Å²) in [5.74, 6) is 6.93. The van der Waals surface area contributed by atoms with Crippen LogP contribution in [-0.4, -0.2) is 63.7 Å². The normalized spacial score (nSPS) is 30.8. The zero-order valence-electron chi connectivity index (χ0n) is 31.8. The molecule has 4 aromatic rings. The van der Waals surface area contributed by atoms with Crippen molar-refractivity contribution in [2.45, 2.75) is 82.7 Å². The Kier molecular flexibility index (Phi) is 10.5. The number of ether oxygens (including phenoxy) is 1. The molecule has 12 rings (SSSR count). The molecular weight excluding hydrogens is 710 g/mol. The zero-order chi connectivity index (χ0) is 37.5. The summed E-state index contributed by atoms with van der Waals surface area (Å²) >= 11 is 6.46. The number of hydrogen-bond acceptors (Lipinski definition) is 6. The third-order valence-electron chi connectivity index (χ3n) is 13.8. The Morgan fingerprint density at radius 2 is 1.09 bits per heavy atom. The summed E-state index contributed by atoms with van der Waals surface area (Å²) in [5, 5.41) is 19.4. The topological polar surface area (TPSA) is 115 Å². The highest BCUT2D eigenvalue weighted by molar-refractivity contribution is 6.33. The van der Waals surface area contributed by atoms with E-state index in [1.165, 1.54) is 64.2 Å². The van der Waals surface area contributed by atoms with Gasteiger partial charge in [0.25, 0.3) is 11.8 Å². The van der Waals surface area contributed by atoms with E-state index in [2.05, 4.69) is 26.1 Å². The van der Waals surface area contributed by atoms with Crippen molar-refractivity contribution in [3.05, 3.63) is 89.3 Å². The second kappa shape index (κ2) is 15.8. The molecule has 11 heteroatoms. The molecule has 0 radical (unpaired) electrons. The minimum Gasteiger partial charge on any atom is -0.385 e. The fourth-order valence-electron chi connectivity index (χ4n) is 11.9. The number of hydrogen-bond donors (Lipinski definition) is 3. The predicted octanol–water partition coefficient (Wildman–Crippen LogP) is 7.96. The van der Waals surface area contributed by atoms with Gasteiger partial charge in [0.1, 0.15) is 16.5 Å². The van der Waals surface area contributed by atoms with Gasteiger partial charge >= 0.3 is 0 Å². The van der Waals surface area contributed by atoms with Gasteiger partial charge in [0, 0.05) is 32.3 Å². The number of rotatable bonds is 11. The standard InChI is InChI=1S/C24H32N4O2.C20H22ClN3O/c1-30-9-5-8-25-23-21(15-26-28(23)20-6-3-2-4-7-20)24(29)27-22-18-11-16-10-17(13-18)14-19(22)12-16;21-19-17(11-22-24(19)16-4-2-1-3-5-16)20(25)23-18-14-7-12-6-13(9-14)10-15(18)8-12/h2-4,6-7,15-19,22,25H,5,8-14H2,1H3,(H,27,29);1-5,11-15,18H,6-10H2,(H,23,25). The molecule has 55 heavy (non-hydrogen) atoms. The second-order valence-corrected chi connectivity index (χ2v) is 17.7. The van der Waals surface area contributed by atoms with E-state index in [-0.39, 0.29) is 11.8 Å². The predicted molar refractivity (Wildman–Crippen MR) is 214 cm³/mol. The van der Waals surface area contributed by atoms with E-state index in [9.17, 15) is 9.59 Å². The van der Waals surface area contributed by atoms with Crippen molar-refractivity contribution in [2.24, 2.45) is 47.3 Å². The lowest BCUT2D eigenvalue weighted by Crippen LogP contribution is -2.55. The Morgan fingerprint density at radius 3 is 1.58 bits per heavy atom. The molecule has 8 saturated carbocycles. The molecule has 8 aliphatic rings. The minimum absolute atomic E-state index is 0.00361. The lowest BCUT2D eigenvalue weighted by molar-refractivity contribution is -0.0119. The molecule has 0 spiro atoms. The number of methoxy groups -OCH3 is 1. The maximum Gasteiger partial charge on any atom is 0.256 e. The molecule has 2 amide bonds. The van der Waals surface area contributed by atoms with Gasteiger partial charge in [-0.1, -0.05) is 48.0 Å². The summed E-state index contributed by atoms with van der Waals surface area (Å²) in [7, 11) is 1.71. The molecule has 8 fully saturated rings. The molecule has 2 aromatic heterocycles. The number of nitrogens with one attached hydrogen (secondary N) is 3. The molecule has 0 unspecified atom stereocenters.